The van der Waals surface area contributed by atoms with Crippen LogP contribution in [0, 0.1) is 0 Å². The molecular formula is C45H29N3O. The zero-order valence-corrected chi connectivity index (χ0v) is 26.5. The van der Waals surface area contributed by atoms with Gasteiger partial charge in [0, 0.05) is 27.5 Å². The molecule has 9 rings (SSSR count). The summed E-state index contributed by atoms with van der Waals surface area (Å²) in [5.74, 6) is 1.89. The van der Waals surface area contributed by atoms with E-state index in [-0.39, 0.29) is 0 Å². The van der Waals surface area contributed by atoms with Gasteiger partial charge in [-0.15, -0.1) is 0 Å². The first-order valence-corrected chi connectivity index (χ1v) is 16.4. The molecule has 0 spiro atoms. The molecule has 7 aromatic carbocycles. The molecule has 2 aromatic heterocycles. The molecule has 0 saturated carbocycles. The second-order valence-corrected chi connectivity index (χ2v) is 12.1. The summed E-state index contributed by atoms with van der Waals surface area (Å²) in [6, 6.07) is 60.6. The van der Waals surface area contributed by atoms with Gasteiger partial charge in [-0.3, -0.25) is 0 Å². The SMILES string of the molecule is c1ccc(-c2cccc(-c3ccc(-c4cccc5oc6ccc(-c7nc(-c8ccccc8)nc(-c8ccccc8)n7)cc6c45)cc3)c2)cc1. The summed E-state index contributed by atoms with van der Waals surface area (Å²) in [5, 5.41) is 2.09. The van der Waals surface area contributed by atoms with Crippen LogP contribution in [0.25, 0.3) is 89.5 Å². The minimum absolute atomic E-state index is 0.614. The maximum Gasteiger partial charge on any atom is 0.164 e. The average Bonchev–Trinajstić information content (AvgIpc) is 3.57. The average molecular weight is 628 g/mol. The zero-order chi connectivity index (χ0) is 32.6. The van der Waals surface area contributed by atoms with Gasteiger partial charge in [0.25, 0.3) is 0 Å². The summed E-state index contributed by atoms with van der Waals surface area (Å²) >= 11 is 0. The van der Waals surface area contributed by atoms with Gasteiger partial charge in [0.05, 0.1) is 0 Å². The largest absolute Gasteiger partial charge is 0.456 e. The van der Waals surface area contributed by atoms with Gasteiger partial charge in [-0.05, 0) is 63.7 Å². The van der Waals surface area contributed by atoms with Crippen molar-refractivity contribution in [1.29, 1.82) is 0 Å². The van der Waals surface area contributed by atoms with Crippen LogP contribution in [-0.2, 0) is 0 Å². The van der Waals surface area contributed by atoms with Gasteiger partial charge in [-0.25, -0.2) is 15.0 Å². The van der Waals surface area contributed by atoms with Crippen LogP contribution in [0.3, 0.4) is 0 Å². The number of nitrogens with zero attached hydrogens (tertiary/aromatic N) is 3. The van der Waals surface area contributed by atoms with Gasteiger partial charge < -0.3 is 4.42 Å². The molecule has 0 aliphatic rings. The Morgan fingerprint density at radius 3 is 1.39 bits per heavy atom. The first kappa shape index (κ1) is 28.6. The number of hydrogen-bond acceptors (Lipinski definition) is 4. The molecule has 0 aliphatic carbocycles. The summed E-state index contributed by atoms with van der Waals surface area (Å²) in [4.78, 5) is 14.8. The smallest absolute Gasteiger partial charge is 0.164 e. The lowest BCUT2D eigenvalue weighted by molar-refractivity contribution is 0.669. The van der Waals surface area contributed by atoms with Crippen molar-refractivity contribution < 1.29 is 4.42 Å². The Hall–Kier alpha value is -6.65. The zero-order valence-electron chi connectivity index (χ0n) is 26.5. The summed E-state index contributed by atoms with van der Waals surface area (Å²) < 4.78 is 6.39. The van der Waals surface area contributed by atoms with Gasteiger partial charge in [0.1, 0.15) is 11.2 Å². The molecule has 0 bridgehead atoms. The molecule has 4 heteroatoms. The predicted molar refractivity (Wildman–Crippen MR) is 200 cm³/mol. The molecule has 0 radical (unpaired) electrons. The number of benzene rings is 7. The molecule has 0 saturated heterocycles. The molecule has 0 atom stereocenters. The van der Waals surface area contributed by atoms with Gasteiger partial charge in [-0.2, -0.15) is 0 Å². The molecule has 0 aliphatic heterocycles. The summed E-state index contributed by atoms with van der Waals surface area (Å²) in [7, 11) is 0. The van der Waals surface area contributed by atoms with Crippen LogP contribution in [0.2, 0.25) is 0 Å². The molecule has 2 heterocycles. The third-order valence-corrected chi connectivity index (χ3v) is 8.95. The highest BCUT2D eigenvalue weighted by Gasteiger charge is 2.17. The van der Waals surface area contributed by atoms with E-state index in [2.05, 4.69) is 91.0 Å². The number of rotatable bonds is 6. The van der Waals surface area contributed by atoms with E-state index in [1.807, 2.05) is 84.9 Å². The minimum atomic E-state index is 0.614. The van der Waals surface area contributed by atoms with Gasteiger partial charge in [0.2, 0.25) is 0 Å². The second-order valence-electron chi connectivity index (χ2n) is 12.1. The highest BCUT2D eigenvalue weighted by Crippen LogP contribution is 2.39. The summed E-state index contributed by atoms with van der Waals surface area (Å²) in [6.07, 6.45) is 0. The molecule has 0 fully saturated rings. The molecule has 9 aromatic rings. The fourth-order valence-corrected chi connectivity index (χ4v) is 6.50. The van der Waals surface area contributed by atoms with Crippen LogP contribution < -0.4 is 0 Å². The number of furan rings is 1. The van der Waals surface area contributed by atoms with E-state index >= 15 is 0 Å². The topological polar surface area (TPSA) is 51.8 Å². The molecule has 4 nitrogen and oxygen atoms in total. The first-order valence-electron chi connectivity index (χ1n) is 16.4. The maximum atomic E-state index is 6.39. The predicted octanol–water partition coefficient (Wildman–Crippen LogP) is 11.8. The van der Waals surface area contributed by atoms with Crippen molar-refractivity contribution in [2.75, 3.05) is 0 Å². The fourth-order valence-electron chi connectivity index (χ4n) is 6.50. The highest BCUT2D eigenvalue weighted by atomic mass is 16.3. The molecule has 0 N–H and O–H groups in total. The van der Waals surface area contributed by atoms with Crippen molar-refractivity contribution in [3.05, 3.63) is 176 Å². The van der Waals surface area contributed by atoms with Crippen molar-refractivity contribution in [1.82, 2.24) is 15.0 Å². The minimum Gasteiger partial charge on any atom is -0.456 e. The monoisotopic (exact) mass is 627 g/mol. The van der Waals surface area contributed by atoms with E-state index in [9.17, 15) is 0 Å². The Balaban J connectivity index is 1.13. The number of aromatic nitrogens is 3. The third-order valence-electron chi connectivity index (χ3n) is 8.95. The van der Waals surface area contributed by atoms with Crippen molar-refractivity contribution >= 4 is 21.9 Å². The van der Waals surface area contributed by atoms with Crippen LogP contribution in [0.1, 0.15) is 0 Å². The fraction of sp³-hybridized carbons (Fsp3) is 0. The highest BCUT2D eigenvalue weighted by molar-refractivity contribution is 6.13. The molecule has 0 unspecified atom stereocenters. The standard InChI is InChI=1S/C45H29N3O/c1-4-12-30(13-5-1)35-18-10-19-36(28-35)31-22-24-32(25-23-31)38-20-11-21-41-42(38)39-29-37(26-27-40(39)49-41)45-47-43(33-14-6-2-7-15-33)46-44(48-45)34-16-8-3-9-17-34/h1-29H. The van der Waals surface area contributed by atoms with Crippen molar-refractivity contribution in [2.24, 2.45) is 0 Å². The Labute approximate surface area is 284 Å². The van der Waals surface area contributed by atoms with E-state index in [0.29, 0.717) is 17.5 Å². The lowest BCUT2D eigenvalue weighted by Crippen LogP contribution is -2.00. The number of fused-ring (bicyclic) bond motifs is 3. The van der Waals surface area contributed by atoms with E-state index in [1.54, 1.807) is 0 Å². The Morgan fingerprint density at radius 2 is 0.776 bits per heavy atom. The Bertz CT molecular complexity index is 2520. The molecule has 230 valence electrons. The van der Waals surface area contributed by atoms with Crippen molar-refractivity contribution in [2.45, 2.75) is 0 Å². The van der Waals surface area contributed by atoms with Crippen LogP contribution in [0.15, 0.2) is 180 Å². The second kappa shape index (κ2) is 12.2. The van der Waals surface area contributed by atoms with Crippen LogP contribution >= 0.6 is 0 Å². The van der Waals surface area contributed by atoms with Crippen LogP contribution in [-0.4, -0.2) is 15.0 Å². The quantitative estimate of drug-likeness (QED) is 0.184. The van der Waals surface area contributed by atoms with Gasteiger partial charge in [-0.1, -0.05) is 146 Å². The third kappa shape index (κ3) is 5.45. The van der Waals surface area contributed by atoms with Gasteiger partial charge in [0.15, 0.2) is 17.5 Å². The van der Waals surface area contributed by atoms with E-state index < -0.39 is 0 Å². The molecule has 49 heavy (non-hydrogen) atoms. The summed E-state index contributed by atoms with van der Waals surface area (Å²) in [6.45, 7) is 0. The lowest BCUT2D eigenvalue weighted by Gasteiger charge is -2.09. The lowest BCUT2D eigenvalue weighted by atomic mass is 9.95. The summed E-state index contributed by atoms with van der Waals surface area (Å²) in [5.41, 5.74) is 11.5. The van der Waals surface area contributed by atoms with Crippen molar-refractivity contribution in [3.8, 4) is 67.5 Å². The van der Waals surface area contributed by atoms with E-state index in [1.165, 1.54) is 22.3 Å². The Kier molecular flexibility index (Phi) is 7.10. The first-order chi connectivity index (χ1) is 24.3. The maximum absolute atomic E-state index is 6.39. The Morgan fingerprint density at radius 1 is 0.306 bits per heavy atom. The molecular weight excluding hydrogens is 599 g/mol. The van der Waals surface area contributed by atoms with Gasteiger partial charge >= 0.3 is 0 Å². The van der Waals surface area contributed by atoms with Crippen molar-refractivity contribution in [3.63, 3.8) is 0 Å². The van der Waals surface area contributed by atoms with Crippen LogP contribution in [0.4, 0.5) is 0 Å². The number of hydrogen-bond donors (Lipinski definition) is 0. The van der Waals surface area contributed by atoms with E-state index in [4.69, 9.17) is 19.4 Å². The normalized spacial score (nSPS) is 11.3. The van der Waals surface area contributed by atoms with E-state index in [0.717, 1.165) is 49.8 Å². The molecule has 0 amide bonds. The van der Waals surface area contributed by atoms with Crippen LogP contribution in [0.5, 0.6) is 0 Å².